The minimum absolute atomic E-state index is 0.229. The van der Waals surface area contributed by atoms with E-state index in [1.54, 1.807) is 6.92 Å². The maximum atomic E-state index is 11.3. The van der Waals surface area contributed by atoms with E-state index in [-0.39, 0.29) is 18.1 Å². The van der Waals surface area contributed by atoms with Gasteiger partial charge in [0, 0.05) is 5.03 Å². The molecule has 0 atom stereocenters. The second-order valence-electron chi connectivity index (χ2n) is 2.46. The van der Waals surface area contributed by atoms with Gasteiger partial charge in [-0.15, -0.1) is 0 Å². The summed E-state index contributed by atoms with van der Waals surface area (Å²) in [5.74, 6) is -0.312. The molecule has 0 aliphatic carbocycles. The molecule has 0 aliphatic rings. The van der Waals surface area contributed by atoms with E-state index in [1.165, 1.54) is 0 Å². The number of H-pyrrole nitrogens is 1. The van der Waals surface area contributed by atoms with Gasteiger partial charge < -0.3 is 5.32 Å². The Balaban J connectivity index is 2.59. The molecule has 1 aromatic heterocycles. The molecule has 0 radical (unpaired) electrons. The van der Waals surface area contributed by atoms with Crippen molar-refractivity contribution in [3.05, 3.63) is 23.0 Å². The fourth-order valence-corrected chi connectivity index (χ4v) is 0.826. The smallest absolute Gasteiger partial charge is 0.274 e. The number of nitrogens with zero attached hydrogens (tertiary/aromatic N) is 2. The fourth-order valence-electron chi connectivity index (χ4n) is 0.759. The molecular weight excluding hydrogens is 192 g/mol. The Morgan fingerprint density at radius 1 is 1.69 bits per heavy atom. The highest BCUT2D eigenvalue weighted by molar-refractivity contribution is 6.29. The number of aromatic amines is 1. The van der Waals surface area contributed by atoms with Crippen molar-refractivity contribution in [2.75, 3.05) is 6.54 Å². The summed E-state index contributed by atoms with van der Waals surface area (Å²) in [4.78, 5) is 11.3. The number of nitrogens with one attached hydrogen (secondary N) is 2. The van der Waals surface area contributed by atoms with Crippen molar-refractivity contribution < 1.29 is 4.79 Å². The Bertz CT molecular complexity index is 333. The monoisotopic (exact) mass is 200 g/mol. The molecule has 6 heteroatoms. The number of carbonyl (C=O) groups excluding carboxylic acids is 1. The van der Waals surface area contributed by atoms with Crippen molar-refractivity contribution in [1.82, 2.24) is 20.7 Å². The quantitative estimate of drug-likeness (QED) is 0.751. The molecule has 5 nitrogen and oxygen atoms in total. The number of carbonyl (C=O) groups is 1. The Morgan fingerprint density at radius 3 is 2.85 bits per heavy atom. The Hall–Kier alpha value is -1.36. The van der Waals surface area contributed by atoms with Gasteiger partial charge in [0.05, 0.1) is 12.2 Å². The van der Waals surface area contributed by atoms with Gasteiger partial charge in [0.25, 0.3) is 5.91 Å². The van der Waals surface area contributed by atoms with Crippen LogP contribution in [-0.4, -0.2) is 27.9 Å². The van der Waals surface area contributed by atoms with Crippen LogP contribution in [0.4, 0.5) is 0 Å². The summed E-state index contributed by atoms with van der Waals surface area (Å²) in [7, 11) is 0. The lowest BCUT2D eigenvalue weighted by molar-refractivity contribution is 0.0952. The van der Waals surface area contributed by atoms with Gasteiger partial charge >= 0.3 is 0 Å². The summed E-state index contributed by atoms with van der Waals surface area (Å²) in [5.41, 5.74) is 0.829. The molecule has 13 heavy (non-hydrogen) atoms. The first kappa shape index (κ1) is 9.73. The molecule has 1 rings (SSSR count). The highest BCUT2D eigenvalue weighted by atomic mass is 35.5. The second kappa shape index (κ2) is 4.04. The topological polar surface area (TPSA) is 70.7 Å². The van der Waals surface area contributed by atoms with Gasteiger partial charge in [0.15, 0.2) is 5.69 Å². The van der Waals surface area contributed by atoms with Crippen molar-refractivity contribution in [3.63, 3.8) is 0 Å². The van der Waals surface area contributed by atoms with Crippen molar-refractivity contribution in [2.24, 2.45) is 0 Å². The van der Waals surface area contributed by atoms with Crippen LogP contribution in [0, 0.1) is 6.92 Å². The van der Waals surface area contributed by atoms with E-state index in [4.69, 9.17) is 11.6 Å². The van der Waals surface area contributed by atoms with E-state index in [1.807, 2.05) is 0 Å². The van der Waals surface area contributed by atoms with Gasteiger partial charge in [-0.25, -0.2) is 0 Å². The third-order valence-electron chi connectivity index (χ3n) is 1.38. The predicted molar refractivity (Wildman–Crippen MR) is 48.4 cm³/mol. The average molecular weight is 201 g/mol. The zero-order valence-corrected chi connectivity index (χ0v) is 7.85. The summed E-state index contributed by atoms with van der Waals surface area (Å²) in [6, 6.07) is 0. The summed E-state index contributed by atoms with van der Waals surface area (Å²) in [6.07, 6.45) is 0. The van der Waals surface area contributed by atoms with E-state index in [0.29, 0.717) is 10.7 Å². The van der Waals surface area contributed by atoms with Crippen LogP contribution in [0.15, 0.2) is 11.6 Å². The molecule has 0 unspecified atom stereocenters. The van der Waals surface area contributed by atoms with Gasteiger partial charge in [-0.05, 0) is 6.92 Å². The lowest BCUT2D eigenvalue weighted by Crippen LogP contribution is -2.25. The zero-order chi connectivity index (χ0) is 9.84. The van der Waals surface area contributed by atoms with Crippen LogP contribution in [-0.2, 0) is 0 Å². The Kier molecular flexibility index (Phi) is 3.02. The van der Waals surface area contributed by atoms with Gasteiger partial charge in [-0.2, -0.15) is 15.4 Å². The molecule has 1 amide bonds. The van der Waals surface area contributed by atoms with Crippen molar-refractivity contribution in [1.29, 1.82) is 0 Å². The first-order valence-corrected chi connectivity index (χ1v) is 3.98. The highest BCUT2D eigenvalue weighted by Gasteiger charge is 2.11. The van der Waals surface area contributed by atoms with Crippen LogP contribution < -0.4 is 5.32 Å². The van der Waals surface area contributed by atoms with Crippen LogP contribution in [0.25, 0.3) is 0 Å². The van der Waals surface area contributed by atoms with Crippen LogP contribution in [0.5, 0.6) is 0 Å². The van der Waals surface area contributed by atoms with E-state index in [2.05, 4.69) is 27.3 Å². The second-order valence-corrected chi connectivity index (χ2v) is 2.99. The normalized spacial score (nSPS) is 9.69. The Labute approximate surface area is 80.2 Å². The lowest BCUT2D eigenvalue weighted by Gasteiger charge is -2.00. The van der Waals surface area contributed by atoms with Crippen LogP contribution in [0.1, 0.15) is 16.2 Å². The van der Waals surface area contributed by atoms with Gasteiger partial charge in [0.2, 0.25) is 0 Å². The van der Waals surface area contributed by atoms with E-state index in [9.17, 15) is 4.79 Å². The van der Waals surface area contributed by atoms with Crippen molar-refractivity contribution in [2.45, 2.75) is 6.92 Å². The number of hydrogen-bond acceptors (Lipinski definition) is 3. The summed E-state index contributed by atoms with van der Waals surface area (Å²) in [6.45, 7) is 5.35. The molecule has 0 aromatic carbocycles. The molecule has 0 saturated carbocycles. The van der Waals surface area contributed by atoms with Crippen molar-refractivity contribution in [3.8, 4) is 0 Å². The standard InChI is InChI=1S/C7H9ClN4O/c1-4(8)3-9-7(13)6-5(2)10-12-11-6/h1,3H2,2H3,(H,9,13)(H,10,11,12). The predicted octanol–water partition coefficient (Wildman–Crippen LogP) is 0.595. The van der Waals surface area contributed by atoms with Gasteiger partial charge in [-0.3, -0.25) is 4.79 Å². The minimum atomic E-state index is -0.312. The molecule has 0 saturated heterocycles. The molecule has 0 spiro atoms. The molecule has 0 bridgehead atoms. The number of rotatable bonds is 3. The summed E-state index contributed by atoms with van der Waals surface area (Å²) >= 11 is 5.47. The van der Waals surface area contributed by atoms with Gasteiger partial charge in [0.1, 0.15) is 0 Å². The number of aromatic nitrogens is 3. The highest BCUT2D eigenvalue weighted by Crippen LogP contribution is 1.99. The lowest BCUT2D eigenvalue weighted by atomic mass is 10.3. The fraction of sp³-hybridized carbons (Fsp3) is 0.286. The first-order chi connectivity index (χ1) is 6.11. The summed E-state index contributed by atoms with van der Waals surface area (Å²) in [5, 5.41) is 12.6. The SMILES string of the molecule is C=C(Cl)CNC(=O)c1n[nH]nc1C. The van der Waals surface area contributed by atoms with Gasteiger partial charge in [-0.1, -0.05) is 18.2 Å². The summed E-state index contributed by atoms with van der Waals surface area (Å²) < 4.78 is 0. The average Bonchev–Trinajstić information content (AvgIpc) is 2.47. The van der Waals surface area contributed by atoms with Crippen molar-refractivity contribution >= 4 is 17.5 Å². The Morgan fingerprint density at radius 2 is 2.38 bits per heavy atom. The van der Waals surface area contributed by atoms with Crippen LogP contribution in [0.3, 0.4) is 0 Å². The number of halogens is 1. The number of aryl methyl sites for hydroxylation is 1. The van der Waals surface area contributed by atoms with E-state index in [0.717, 1.165) is 0 Å². The minimum Gasteiger partial charge on any atom is -0.346 e. The molecular formula is C7H9ClN4O. The maximum Gasteiger partial charge on any atom is 0.274 e. The van der Waals surface area contributed by atoms with Crippen LogP contribution >= 0.6 is 11.6 Å². The van der Waals surface area contributed by atoms with E-state index < -0.39 is 0 Å². The molecule has 70 valence electrons. The van der Waals surface area contributed by atoms with E-state index >= 15 is 0 Å². The molecule has 2 N–H and O–H groups in total. The zero-order valence-electron chi connectivity index (χ0n) is 7.09. The molecule has 1 heterocycles. The maximum absolute atomic E-state index is 11.3. The first-order valence-electron chi connectivity index (χ1n) is 3.60. The largest absolute Gasteiger partial charge is 0.346 e. The number of amides is 1. The van der Waals surface area contributed by atoms with Crippen LogP contribution in [0.2, 0.25) is 0 Å². The third kappa shape index (κ3) is 2.55. The molecule has 0 aliphatic heterocycles. The molecule has 1 aromatic rings. The third-order valence-corrected chi connectivity index (χ3v) is 1.51. The molecule has 0 fully saturated rings. The number of hydrogen-bond donors (Lipinski definition) is 2.